The van der Waals surface area contributed by atoms with E-state index in [1.807, 2.05) is 80.6 Å². The minimum absolute atomic E-state index is 0.207. The molecule has 0 aliphatic rings. The Morgan fingerprint density at radius 2 is 1.84 bits per heavy atom. The maximum atomic E-state index is 13.3. The largest absolute Gasteiger partial charge is 0.494 e. The van der Waals surface area contributed by atoms with Crippen LogP contribution in [0.4, 0.5) is 5.13 Å². The third kappa shape index (κ3) is 3.92. The van der Waals surface area contributed by atoms with Gasteiger partial charge in [-0.05, 0) is 50.2 Å². The van der Waals surface area contributed by atoms with Crippen LogP contribution in [0, 0.1) is 6.92 Å². The first-order valence-corrected chi connectivity index (χ1v) is 11.2. The number of carbonyl (C=O) groups excluding carboxylic acids is 1. The Hall–Kier alpha value is -3.77. The molecule has 1 amide bonds. The summed E-state index contributed by atoms with van der Waals surface area (Å²) in [5, 5.41) is 4.34. The molecule has 0 aliphatic heterocycles. The number of pyridine rings is 1. The lowest BCUT2D eigenvalue weighted by molar-refractivity contribution is 0.102. The summed E-state index contributed by atoms with van der Waals surface area (Å²) in [6.45, 7) is 4.60. The molecule has 5 rings (SSSR count). The lowest BCUT2D eigenvalue weighted by Crippen LogP contribution is -2.13. The van der Waals surface area contributed by atoms with E-state index < -0.39 is 0 Å². The highest BCUT2D eigenvalue weighted by Crippen LogP contribution is 2.31. The van der Waals surface area contributed by atoms with E-state index in [0.29, 0.717) is 17.3 Å². The van der Waals surface area contributed by atoms with Crippen LogP contribution in [0.3, 0.4) is 0 Å². The highest BCUT2D eigenvalue weighted by Gasteiger charge is 2.16. The Morgan fingerprint density at radius 1 is 0.969 bits per heavy atom. The zero-order chi connectivity index (χ0) is 22.1. The van der Waals surface area contributed by atoms with Crippen LogP contribution in [0.5, 0.6) is 5.75 Å². The molecule has 0 fully saturated rings. The van der Waals surface area contributed by atoms with Gasteiger partial charge in [0.05, 0.1) is 33.6 Å². The van der Waals surface area contributed by atoms with E-state index in [-0.39, 0.29) is 5.91 Å². The Bertz CT molecular complexity index is 1460. The number of fused-ring (bicyclic) bond motifs is 2. The number of hydrogen-bond acceptors (Lipinski definition) is 5. The predicted octanol–water partition coefficient (Wildman–Crippen LogP) is 6.47. The van der Waals surface area contributed by atoms with Crippen molar-refractivity contribution in [1.29, 1.82) is 0 Å². The van der Waals surface area contributed by atoms with Gasteiger partial charge in [0, 0.05) is 10.9 Å². The third-order valence-electron chi connectivity index (χ3n) is 5.17. The molecule has 32 heavy (non-hydrogen) atoms. The van der Waals surface area contributed by atoms with Crippen LogP contribution in [0.25, 0.3) is 32.4 Å². The topological polar surface area (TPSA) is 64.1 Å². The number of carbonyl (C=O) groups is 1. The van der Waals surface area contributed by atoms with Gasteiger partial charge >= 0.3 is 0 Å². The minimum atomic E-state index is -0.207. The van der Waals surface area contributed by atoms with Gasteiger partial charge in [-0.2, -0.15) is 0 Å². The van der Waals surface area contributed by atoms with E-state index in [1.165, 1.54) is 11.3 Å². The van der Waals surface area contributed by atoms with E-state index in [4.69, 9.17) is 9.72 Å². The molecule has 0 radical (unpaired) electrons. The normalized spacial score (nSPS) is 11.1. The van der Waals surface area contributed by atoms with Gasteiger partial charge in [0.25, 0.3) is 5.91 Å². The first-order valence-electron chi connectivity index (χ1n) is 10.4. The summed E-state index contributed by atoms with van der Waals surface area (Å²) in [6.07, 6.45) is 0. The molecule has 0 bridgehead atoms. The number of para-hydroxylation sites is 1. The van der Waals surface area contributed by atoms with E-state index in [0.717, 1.165) is 43.7 Å². The quantitative estimate of drug-likeness (QED) is 0.341. The van der Waals surface area contributed by atoms with E-state index >= 15 is 0 Å². The highest BCUT2D eigenvalue weighted by atomic mass is 32.1. The lowest BCUT2D eigenvalue weighted by atomic mass is 10.0. The number of benzene rings is 3. The Balaban J connectivity index is 1.53. The van der Waals surface area contributed by atoms with Crippen molar-refractivity contribution in [2.45, 2.75) is 13.8 Å². The van der Waals surface area contributed by atoms with E-state index in [9.17, 15) is 4.79 Å². The van der Waals surface area contributed by atoms with Gasteiger partial charge in [-0.3, -0.25) is 10.1 Å². The van der Waals surface area contributed by atoms with Crippen molar-refractivity contribution in [3.05, 3.63) is 83.9 Å². The van der Waals surface area contributed by atoms with Crippen molar-refractivity contribution in [2.24, 2.45) is 0 Å². The van der Waals surface area contributed by atoms with Gasteiger partial charge in [-0.25, -0.2) is 9.97 Å². The maximum Gasteiger partial charge on any atom is 0.258 e. The van der Waals surface area contributed by atoms with Crippen LogP contribution < -0.4 is 10.1 Å². The lowest BCUT2D eigenvalue weighted by Gasteiger charge is -2.10. The molecular weight excluding hydrogens is 418 g/mol. The fraction of sp³-hybridized carbons (Fsp3) is 0.115. The molecule has 6 heteroatoms. The SMILES string of the molecule is CCOc1ccc2nc(NC(=O)c3cc(-c4cccc(C)c4)nc4ccccc34)sc2c1. The standard InChI is InChI=1S/C26H21N3O2S/c1-3-31-18-11-12-22-24(14-18)32-26(28-22)29-25(30)20-15-23(17-8-6-7-16(2)13-17)27-21-10-5-4-9-19(20)21/h4-15H,3H2,1-2H3,(H,28,29,30). The van der Waals surface area contributed by atoms with Crippen LogP contribution in [-0.4, -0.2) is 22.5 Å². The summed E-state index contributed by atoms with van der Waals surface area (Å²) < 4.78 is 6.53. The number of aryl methyl sites for hydroxylation is 1. The molecule has 5 nitrogen and oxygen atoms in total. The number of anilines is 1. The molecule has 0 saturated heterocycles. The van der Waals surface area contributed by atoms with Crippen LogP contribution in [-0.2, 0) is 0 Å². The Labute approximate surface area is 189 Å². The molecular formula is C26H21N3O2S. The van der Waals surface area contributed by atoms with Gasteiger partial charge in [0.2, 0.25) is 0 Å². The van der Waals surface area contributed by atoms with Gasteiger partial charge in [-0.15, -0.1) is 0 Å². The zero-order valence-electron chi connectivity index (χ0n) is 17.8. The fourth-order valence-corrected chi connectivity index (χ4v) is 4.58. The fourth-order valence-electron chi connectivity index (χ4n) is 3.69. The summed E-state index contributed by atoms with van der Waals surface area (Å²) in [4.78, 5) is 22.7. The molecule has 0 atom stereocenters. The number of thiazole rings is 1. The summed E-state index contributed by atoms with van der Waals surface area (Å²) >= 11 is 1.43. The maximum absolute atomic E-state index is 13.3. The van der Waals surface area contributed by atoms with Gasteiger partial charge < -0.3 is 4.74 Å². The summed E-state index contributed by atoms with van der Waals surface area (Å²) in [5.74, 6) is 0.589. The van der Waals surface area contributed by atoms with Crippen molar-refractivity contribution in [3.63, 3.8) is 0 Å². The molecule has 2 heterocycles. The monoisotopic (exact) mass is 439 g/mol. The first kappa shape index (κ1) is 20.2. The highest BCUT2D eigenvalue weighted by molar-refractivity contribution is 7.22. The van der Waals surface area contributed by atoms with Crippen molar-refractivity contribution in [1.82, 2.24) is 9.97 Å². The molecule has 0 unspecified atom stereocenters. The number of aromatic nitrogens is 2. The third-order valence-corrected chi connectivity index (χ3v) is 6.10. The number of ether oxygens (including phenoxy) is 1. The Kier molecular flexibility index (Phi) is 5.29. The molecule has 0 aliphatic carbocycles. The second kappa shape index (κ2) is 8.40. The number of nitrogens with one attached hydrogen (secondary N) is 1. The Morgan fingerprint density at radius 3 is 2.69 bits per heavy atom. The molecule has 2 aromatic heterocycles. The minimum Gasteiger partial charge on any atom is -0.494 e. The summed E-state index contributed by atoms with van der Waals surface area (Å²) in [7, 11) is 0. The smallest absolute Gasteiger partial charge is 0.258 e. The van der Waals surface area contributed by atoms with Crippen molar-refractivity contribution in [3.8, 4) is 17.0 Å². The molecule has 0 saturated carbocycles. The average molecular weight is 440 g/mol. The molecule has 0 spiro atoms. The van der Waals surface area contributed by atoms with Gasteiger partial charge in [0.1, 0.15) is 5.75 Å². The zero-order valence-corrected chi connectivity index (χ0v) is 18.6. The van der Waals surface area contributed by atoms with E-state index in [1.54, 1.807) is 0 Å². The van der Waals surface area contributed by atoms with Gasteiger partial charge in [-0.1, -0.05) is 53.3 Å². The number of rotatable bonds is 5. The van der Waals surface area contributed by atoms with Crippen LogP contribution in [0.1, 0.15) is 22.8 Å². The van der Waals surface area contributed by atoms with E-state index in [2.05, 4.69) is 16.4 Å². The summed E-state index contributed by atoms with van der Waals surface area (Å²) in [6, 6.07) is 23.4. The predicted molar refractivity (Wildman–Crippen MR) is 131 cm³/mol. The number of amides is 1. The van der Waals surface area contributed by atoms with Crippen LogP contribution >= 0.6 is 11.3 Å². The molecule has 158 valence electrons. The van der Waals surface area contributed by atoms with Gasteiger partial charge in [0.15, 0.2) is 5.13 Å². The van der Waals surface area contributed by atoms with Crippen molar-refractivity contribution in [2.75, 3.05) is 11.9 Å². The second-order valence-electron chi connectivity index (χ2n) is 7.48. The molecule has 5 aromatic rings. The van der Waals surface area contributed by atoms with Crippen molar-refractivity contribution >= 4 is 43.5 Å². The van der Waals surface area contributed by atoms with Crippen LogP contribution in [0.15, 0.2) is 72.8 Å². The first-order chi connectivity index (χ1) is 15.6. The summed E-state index contributed by atoms with van der Waals surface area (Å²) in [5.41, 5.74) is 5.07. The number of hydrogen-bond donors (Lipinski definition) is 1. The van der Waals surface area contributed by atoms with Crippen molar-refractivity contribution < 1.29 is 9.53 Å². The number of nitrogens with zero attached hydrogens (tertiary/aromatic N) is 2. The molecule has 3 aromatic carbocycles. The van der Waals surface area contributed by atoms with Crippen LogP contribution in [0.2, 0.25) is 0 Å². The second-order valence-corrected chi connectivity index (χ2v) is 8.51. The average Bonchev–Trinajstić information content (AvgIpc) is 3.20. The molecule has 1 N–H and O–H groups in total.